The fourth-order valence-electron chi connectivity index (χ4n) is 3.11. The van der Waals surface area contributed by atoms with Crippen molar-refractivity contribution in [2.24, 2.45) is 0 Å². The van der Waals surface area contributed by atoms with E-state index in [4.69, 9.17) is 21.1 Å². The minimum Gasteiger partial charge on any atom is -0.493 e. The van der Waals surface area contributed by atoms with Gasteiger partial charge in [0.1, 0.15) is 0 Å². The van der Waals surface area contributed by atoms with Crippen molar-refractivity contribution >= 4 is 46.9 Å². The highest BCUT2D eigenvalue weighted by Gasteiger charge is 2.14. The van der Waals surface area contributed by atoms with Gasteiger partial charge in [-0.3, -0.25) is 9.59 Å². The van der Waals surface area contributed by atoms with Gasteiger partial charge in [0.25, 0.3) is 0 Å². The van der Waals surface area contributed by atoms with Crippen LogP contribution in [0.2, 0.25) is 5.02 Å². The molecule has 0 aliphatic heterocycles. The lowest BCUT2D eigenvalue weighted by atomic mass is 10.2. The maximum Gasteiger partial charge on any atom is 0.244 e. The van der Waals surface area contributed by atoms with Crippen molar-refractivity contribution in [3.05, 3.63) is 65.0 Å². The van der Waals surface area contributed by atoms with Crippen LogP contribution in [0.1, 0.15) is 18.3 Å². The Bertz CT molecular complexity index is 1210. The Balaban J connectivity index is 1.54. The zero-order chi connectivity index (χ0) is 25.2. The second-order valence-corrected chi connectivity index (χ2v) is 8.48. The number of nitrogens with zero attached hydrogens (tertiary/aromatic N) is 3. The lowest BCUT2D eigenvalue weighted by Crippen LogP contribution is -2.22. The first-order valence-electron chi connectivity index (χ1n) is 10.7. The van der Waals surface area contributed by atoms with Crippen LogP contribution >= 0.6 is 23.4 Å². The number of benzene rings is 2. The molecule has 1 heterocycles. The average molecular weight is 516 g/mol. The summed E-state index contributed by atoms with van der Waals surface area (Å²) in [6, 6.07) is 12.4. The predicted octanol–water partition coefficient (Wildman–Crippen LogP) is 4.03. The van der Waals surface area contributed by atoms with Gasteiger partial charge in [0, 0.05) is 12.6 Å². The van der Waals surface area contributed by atoms with Gasteiger partial charge in [-0.15, -0.1) is 10.2 Å². The predicted molar refractivity (Wildman–Crippen MR) is 137 cm³/mol. The summed E-state index contributed by atoms with van der Waals surface area (Å²) in [5.41, 5.74) is 1.35. The van der Waals surface area contributed by atoms with Crippen LogP contribution < -0.4 is 20.1 Å². The van der Waals surface area contributed by atoms with Crippen molar-refractivity contribution < 1.29 is 19.1 Å². The Morgan fingerprint density at radius 1 is 1.11 bits per heavy atom. The Morgan fingerprint density at radius 2 is 1.89 bits per heavy atom. The van der Waals surface area contributed by atoms with Crippen molar-refractivity contribution in [1.82, 2.24) is 20.1 Å². The highest BCUT2D eigenvalue weighted by molar-refractivity contribution is 7.99. The van der Waals surface area contributed by atoms with Crippen LogP contribution in [0.25, 0.3) is 6.08 Å². The van der Waals surface area contributed by atoms with Crippen molar-refractivity contribution in [3.8, 4) is 11.5 Å². The minimum absolute atomic E-state index is 0.143. The molecule has 3 rings (SSSR count). The van der Waals surface area contributed by atoms with Gasteiger partial charge in [0.2, 0.25) is 11.8 Å². The summed E-state index contributed by atoms with van der Waals surface area (Å²) in [7, 11) is 3.12. The van der Waals surface area contributed by atoms with Gasteiger partial charge in [0.15, 0.2) is 22.5 Å². The second kappa shape index (κ2) is 12.8. The fraction of sp³-hybridized carbons (Fsp3) is 0.250. The summed E-state index contributed by atoms with van der Waals surface area (Å²) >= 11 is 7.34. The van der Waals surface area contributed by atoms with E-state index in [1.165, 1.54) is 17.8 Å². The van der Waals surface area contributed by atoms with E-state index in [0.29, 0.717) is 39.7 Å². The molecule has 0 radical (unpaired) electrons. The summed E-state index contributed by atoms with van der Waals surface area (Å²) in [6.45, 7) is 2.73. The molecular weight excluding hydrogens is 490 g/mol. The molecular formula is C24H26ClN5O4S. The van der Waals surface area contributed by atoms with Crippen LogP contribution in [0.3, 0.4) is 0 Å². The van der Waals surface area contributed by atoms with Gasteiger partial charge in [0.05, 0.1) is 37.2 Å². The summed E-state index contributed by atoms with van der Waals surface area (Å²) in [5, 5.41) is 15.0. The van der Waals surface area contributed by atoms with Crippen LogP contribution in [0.4, 0.5) is 5.69 Å². The molecule has 35 heavy (non-hydrogen) atoms. The molecule has 0 saturated heterocycles. The number of nitrogens with one attached hydrogen (secondary N) is 2. The molecule has 2 aromatic carbocycles. The van der Waals surface area contributed by atoms with Gasteiger partial charge in [-0.1, -0.05) is 41.6 Å². The largest absolute Gasteiger partial charge is 0.493 e. The van der Waals surface area contributed by atoms with Gasteiger partial charge in [-0.05, 0) is 42.8 Å². The average Bonchev–Trinajstić information content (AvgIpc) is 3.27. The van der Waals surface area contributed by atoms with Gasteiger partial charge in [-0.2, -0.15) is 0 Å². The van der Waals surface area contributed by atoms with Crippen molar-refractivity contribution in [2.75, 3.05) is 25.3 Å². The molecule has 0 aliphatic rings. The Kier molecular flexibility index (Phi) is 9.56. The van der Waals surface area contributed by atoms with E-state index in [-0.39, 0.29) is 24.1 Å². The number of carbonyl (C=O) groups excluding carboxylic acids is 2. The molecule has 2 amide bonds. The molecule has 11 heteroatoms. The van der Waals surface area contributed by atoms with Crippen LogP contribution in [0, 0.1) is 0 Å². The van der Waals surface area contributed by atoms with E-state index < -0.39 is 0 Å². The van der Waals surface area contributed by atoms with Crippen LogP contribution in [-0.2, 0) is 22.7 Å². The maximum atomic E-state index is 12.3. The van der Waals surface area contributed by atoms with Gasteiger partial charge < -0.3 is 24.7 Å². The fourth-order valence-corrected chi connectivity index (χ4v) is 4.11. The van der Waals surface area contributed by atoms with Gasteiger partial charge >= 0.3 is 0 Å². The number of ether oxygens (including phenoxy) is 2. The first kappa shape index (κ1) is 26.1. The summed E-state index contributed by atoms with van der Waals surface area (Å²) in [6.07, 6.45) is 3.11. The maximum absolute atomic E-state index is 12.3. The van der Waals surface area contributed by atoms with E-state index in [0.717, 1.165) is 5.56 Å². The molecule has 0 spiro atoms. The first-order valence-corrected chi connectivity index (χ1v) is 12.1. The van der Waals surface area contributed by atoms with Crippen LogP contribution in [0.5, 0.6) is 11.5 Å². The third-order valence-corrected chi connectivity index (χ3v) is 6.14. The zero-order valence-corrected chi connectivity index (χ0v) is 21.2. The van der Waals surface area contributed by atoms with E-state index in [2.05, 4.69) is 20.8 Å². The summed E-state index contributed by atoms with van der Waals surface area (Å²) in [4.78, 5) is 24.6. The number of para-hydroxylation sites is 1. The highest BCUT2D eigenvalue weighted by Crippen LogP contribution is 2.28. The Hall–Kier alpha value is -3.50. The van der Waals surface area contributed by atoms with Crippen molar-refractivity contribution in [3.63, 3.8) is 0 Å². The molecule has 0 bridgehead atoms. The van der Waals surface area contributed by atoms with Gasteiger partial charge in [-0.25, -0.2) is 0 Å². The minimum atomic E-state index is -0.279. The molecule has 2 N–H and O–H groups in total. The number of halogens is 1. The normalized spacial score (nSPS) is 10.9. The molecule has 0 fully saturated rings. The number of hydrogen-bond donors (Lipinski definition) is 2. The van der Waals surface area contributed by atoms with Crippen molar-refractivity contribution in [2.45, 2.75) is 25.2 Å². The van der Waals surface area contributed by atoms with E-state index >= 15 is 0 Å². The number of rotatable bonds is 11. The molecule has 0 unspecified atom stereocenters. The number of aromatic nitrogens is 3. The number of carbonyl (C=O) groups is 2. The first-order chi connectivity index (χ1) is 16.9. The lowest BCUT2D eigenvalue weighted by Gasteiger charge is -2.09. The summed E-state index contributed by atoms with van der Waals surface area (Å²) < 4.78 is 12.3. The monoisotopic (exact) mass is 515 g/mol. The molecule has 3 aromatic rings. The standard InChI is InChI=1S/C24H26ClN5O4S/c1-4-30-21(14-26-22(31)12-10-16-9-11-19(33-2)20(13-16)34-3)28-29-24(30)35-15-23(32)27-18-8-6-5-7-17(18)25/h5-13H,4,14-15H2,1-3H3,(H,26,31)(H,27,32)/b12-10+. The Morgan fingerprint density at radius 3 is 2.60 bits per heavy atom. The molecule has 1 aromatic heterocycles. The number of methoxy groups -OCH3 is 2. The highest BCUT2D eigenvalue weighted by atomic mass is 35.5. The smallest absolute Gasteiger partial charge is 0.244 e. The topological polar surface area (TPSA) is 107 Å². The van der Waals surface area contributed by atoms with E-state index in [9.17, 15) is 9.59 Å². The molecule has 0 saturated carbocycles. The number of thioether (sulfide) groups is 1. The molecule has 9 nitrogen and oxygen atoms in total. The number of hydrogen-bond acceptors (Lipinski definition) is 7. The SMILES string of the molecule is CCn1c(CNC(=O)/C=C/c2ccc(OC)c(OC)c2)nnc1SCC(=O)Nc1ccccc1Cl. The lowest BCUT2D eigenvalue weighted by molar-refractivity contribution is -0.116. The molecule has 0 atom stereocenters. The Labute approximate surface area is 212 Å². The quantitative estimate of drug-likeness (QED) is 0.293. The van der Waals surface area contributed by atoms with E-state index in [1.54, 1.807) is 56.7 Å². The molecule has 184 valence electrons. The summed E-state index contributed by atoms with van der Waals surface area (Å²) in [5.74, 6) is 1.45. The third kappa shape index (κ3) is 7.24. The second-order valence-electron chi connectivity index (χ2n) is 7.13. The van der Waals surface area contributed by atoms with Crippen LogP contribution in [0.15, 0.2) is 53.7 Å². The van der Waals surface area contributed by atoms with Crippen molar-refractivity contribution in [1.29, 1.82) is 0 Å². The molecule has 0 aliphatic carbocycles. The van der Waals surface area contributed by atoms with Crippen LogP contribution in [-0.4, -0.2) is 46.6 Å². The number of amides is 2. The zero-order valence-electron chi connectivity index (χ0n) is 19.6. The van der Waals surface area contributed by atoms with E-state index in [1.807, 2.05) is 17.6 Å². The third-order valence-electron chi connectivity index (χ3n) is 4.85. The number of anilines is 1.